The summed E-state index contributed by atoms with van der Waals surface area (Å²) >= 11 is 0. The molecule has 22 heavy (non-hydrogen) atoms. The summed E-state index contributed by atoms with van der Waals surface area (Å²) in [6.45, 7) is 2.49. The van der Waals surface area contributed by atoms with Gasteiger partial charge in [0.15, 0.2) is 0 Å². The van der Waals surface area contributed by atoms with Crippen LogP contribution in [0.1, 0.15) is 12.5 Å². The summed E-state index contributed by atoms with van der Waals surface area (Å²) < 4.78 is 4.77. The van der Waals surface area contributed by atoms with Gasteiger partial charge in [-0.05, 0) is 36.8 Å². The van der Waals surface area contributed by atoms with Crippen molar-refractivity contribution in [2.75, 3.05) is 23.0 Å². The van der Waals surface area contributed by atoms with Crippen molar-refractivity contribution in [1.82, 2.24) is 4.98 Å². The largest absolute Gasteiger partial charge is 0.508 e. The predicted molar refractivity (Wildman–Crippen MR) is 84.7 cm³/mol. The zero-order valence-corrected chi connectivity index (χ0v) is 12.2. The molecule has 0 spiro atoms. The molecule has 0 aliphatic rings. The highest BCUT2D eigenvalue weighted by atomic mass is 16.5. The Labute approximate surface area is 128 Å². The summed E-state index contributed by atoms with van der Waals surface area (Å²) in [5.74, 6) is 0.963. The standard InChI is InChI=1S/C15H18N4O3/c1-2-22-15(21)18-12-6-7-13(19-14(12)16)17-9-10-4-3-5-11(20)8-10/h3-8,20H,2,9H2,1H3,(H,18,21)(H3,16,17,19). The number of carbonyl (C=O) groups excluding carboxylic acids is 1. The Hall–Kier alpha value is -2.96. The van der Waals surface area contributed by atoms with E-state index in [0.29, 0.717) is 18.1 Å². The van der Waals surface area contributed by atoms with E-state index in [0.717, 1.165) is 5.56 Å². The Balaban J connectivity index is 1.98. The second-order valence-electron chi connectivity index (χ2n) is 4.50. The summed E-state index contributed by atoms with van der Waals surface area (Å²) in [5.41, 5.74) is 7.10. The fraction of sp³-hybridized carbons (Fsp3) is 0.200. The van der Waals surface area contributed by atoms with E-state index in [1.165, 1.54) is 0 Å². The highest BCUT2D eigenvalue weighted by Gasteiger charge is 2.07. The molecular weight excluding hydrogens is 284 g/mol. The maximum absolute atomic E-state index is 11.3. The van der Waals surface area contributed by atoms with Crippen LogP contribution in [-0.4, -0.2) is 22.8 Å². The van der Waals surface area contributed by atoms with E-state index in [9.17, 15) is 9.90 Å². The lowest BCUT2D eigenvalue weighted by Crippen LogP contribution is -2.15. The molecule has 1 aromatic heterocycles. The Bertz CT molecular complexity index is 661. The Morgan fingerprint density at radius 3 is 2.86 bits per heavy atom. The number of anilines is 3. The van der Waals surface area contributed by atoms with Gasteiger partial charge in [0.2, 0.25) is 0 Å². The molecule has 1 amide bonds. The summed E-state index contributed by atoms with van der Waals surface area (Å²) in [4.78, 5) is 15.5. The molecule has 0 aliphatic heterocycles. The van der Waals surface area contributed by atoms with Gasteiger partial charge in [-0.15, -0.1) is 0 Å². The predicted octanol–water partition coefficient (Wildman–Crippen LogP) is 2.55. The van der Waals surface area contributed by atoms with Crippen LogP contribution in [0.2, 0.25) is 0 Å². The average molecular weight is 302 g/mol. The third-order valence-electron chi connectivity index (χ3n) is 2.82. The van der Waals surface area contributed by atoms with Crippen LogP contribution in [0.5, 0.6) is 5.75 Å². The van der Waals surface area contributed by atoms with E-state index >= 15 is 0 Å². The Kier molecular flexibility index (Phi) is 5.02. The van der Waals surface area contributed by atoms with Gasteiger partial charge < -0.3 is 20.9 Å². The van der Waals surface area contributed by atoms with Crippen LogP contribution in [0.4, 0.5) is 22.1 Å². The molecule has 0 bridgehead atoms. The number of nitrogens with two attached hydrogens (primary N) is 1. The van der Waals surface area contributed by atoms with Crippen LogP contribution < -0.4 is 16.4 Å². The molecule has 7 heteroatoms. The van der Waals surface area contributed by atoms with E-state index < -0.39 is 6.09 Å². The fourth-order valence-corrected chi connectivity index (χ4v) is 1.82. The summed E-state index contributed by atoms with van der Waals surface area (Å²) in [7, 11) is 0. The average Bonchev–Trinajstić information content (AvgIpc) is 2.48. The first kappa shape index (κ1) is 15.4. The van der Waals surface area contributed by atoms with Crippen LogP contribution in [0.25, 0.3) is 0 Å². The molecule has 0 aliphatic carbocycles. The minimum Gasteiger partial charge on any atom is -0.508 e. The third-order valence-corrected chi connectivity index (χ3v) is 2.82. The van der Waals surface area contributed by atoms with Gasteiger partial charge in [0.05, 0.1) is 12.3 Å². The molecule has 1 heterocycles. The van der Waals surface area contributed by atoms with Crippen LogP contribution in [0.15, 0.2) is 36.4 Å². The molecule has 0 atom stereocenters. The van der Waals surface area contributed by atoms with E-state index in [1.807, 2.05) is 6.07 Å². The zero-order valence-electron chi connectivity index (χ0n) is 12.2. The smallest absolute Gasteiger partial charge is 0.411 e. The van der Waals surface area contributed by atoms with E-state index in [4.69, 9.17) is 10.5 Å². The maximum Gasteiger partial charge on any atom is 0.411 e. The lowest BCUT2D eigenvalue weighted by Gasteiger charge is -2.10. The van der Waals surface area contributed by atoms with Crippen molar-refractivity contribution >= 4 is 23.4 Å². The van der Waals surface area contributed by atoms with Crippen LogP contribution in [-0.2, 0) is 11.3 Å². The summed E-state index contributed by atoms with van der Waals surface area (Å²) in [5, 5.41) is 15.0. The number of pyridine rings is 1. The van der Waals surface area contributed by atoms with Crippen molar-refractivity contribution in [2.24, 2.45) is 0 Å². The van der Waals surface area contributed by atoms with Crippen molar-refractivity contribution in [3.05, 3.63) is 42.0 Å². The minimum atomic E-state index is -0.573. The molecule has 0 saturated heterocycles. The lowest BCUT2D eigenvalue weighted by atomic mass is 10.2. The van der Waals surface area contributed by atoms with Crippen LogP contribution >= 0.6 is 0 Å². The number of ether oxygens (including phenoxy) is 1. The molecule has 1 aromatic carbocycles. The van der Waals surface area contributed by atoms with Gasteiger partial charge in [-0.1, -0.05) is 12.1 Å². The van der Waals surface area contributed by atoms with Crippen molar-refractivity contribution in [3.8, 4) is 5.75 Å². The summed E-state index contributed by atoms with van der Waals surface area (Å²) in [6, 6.07) is 10.3. The minimum absolute atomic E-state index is 0.189. The van der Waals surface area contributed by atoms with Crippen LogP contribution in [0, 0.1) is 0 Å². The maximum atomic E-state index is 11.3. The van der Waals surface area contributed by atoms with Crippen molar-refractivity contribution < 1.29 is 14.6 Å². The molecule has 7 nitrogen and oxygen atoms in total. The second kappa shape index (κ2) is 7.16. The van der Waals surface area contributed by atoms with Crippen LogP contribution in [0.3, 0.4) is 0 Å². The van der Waals surface area contributed by atoms with Gasteiger partial charge >= 0.3 is 6.09 Å². The number of nitrogen functional groups attached to an aromatic ring is 1. The number of amides is 1. The van der Waals surface area contributed by atoms with Gasteiger partial charge in [0.1, 0.15) is 17.4 Å². The van der Waals surface area contributed by atoms with Crippen molar-refractivity contribution in [3.63, 3.8) is 0 Å². The molecule has 0 unspecified atom stereocenters. The lowest BCUT2D eigenvalue weighted by molar-refractivity contribution is 0.168. The number of nitrogens with one attached hydrogen (secondary N) is 2. The number of hydrogen-bond donors (Lipinski definition) is 4. The molecule has 116 valence electrons. The third kappa shape index (κ3) is 4.27. The first-order valence-electron chi connectivity index (χ1n) is 6.80. The molecule has 5 N–H and O–H groups in total. The molecule has 0 saturated carbocycles. The molecular formula is C15H18N4O3. The van der Waals surface area contributed by atoms with Crippen molar-refractivity contribution in [1.29, 1.82) is 0 Å². The number of hydrogen-bond acceptors (Lipinski definition) is 6. The number of nitrogens with zero attached hydrogens (tertiary/aromatic N) is 1. The first-order valence-corrected chi connectivity index (χ1v) is 6.80. The van der Waals surface area contributed by atoms with Gasteiger partial charge in [-0.2, -0.15) is 0 Å². The summed E-state index contributed by atoms with van der Waals surface area (Å²) in [6.07, 6.45) is -0.573. The van der Waals surface area contributed by atoms with Gasteiger partial charge in [0, 0.05) is 6.54 Å². The first-order chi connectivity index (χ1) is 10.6. The van der Waals surface area contributed by atoms with Gasteiger partial charge in [-0.25, -0.2) is 9.78 Å². The molecule has 0 radical (unpaired) electrons. The zero-order chi connectivity index (χ0) is 15.9. The van der Waals surface area contributed by atoms with Gasteiger partial charge in [0.25, 0.3) is 0 Å². The topological polar surface area (TPSA) is 110 Å². The molecule has 0 fully saturated rings. The number of aromatic nitrogens is 1. The normalized spacial score (nSPS) is 10.0. The molecule has 2 rings (SSSR count). The quantitative estimate of drug-likeness (QED) is 0.675. The number of phenols is 1. The monoisotopic (exact) mass is 302 g/mol. The second-order valence-corrected chi connectivity index (χ2v) is 4.50. The van der Waals surface area contributed by atoms with E-state index in [-0.39, 0.29) is 18.2 Å². The van der Waals surface area contributed by atoms with E-state index in [2.05, 4.69) is 15.6 Å². The van der Waals surface area contributed by atoms with Gasteiger partial charge in [-0.3, -0.25) is 5.32 Å². The fourth-order valence-electron chi connectivity index (χ4n) is 1.82. The number of phenolic OH excluding ortho intramolecular Hbond substituents is 1. The van der Waals surface area contributed by atoms with Crippen molar-refractivity contribution in [2.45, 2.75) is 13.5 Å². The number of carbonyl (C=O) groups is 1. The number of aromatic hydroxyl groups is 1. The molecule has 2 aromatic rings. The highest BCUT2D eigenvalue weighted by molar-refractivity contribution is 5.88. The SMILES string of the molecule is CCOC(=O)Nc1ccc(NCc2cccc(O)c2)nc1N. The number of benzene rings is 1. The highest BCUT2D eigenvalue weighted by Crippen LogP contribution is 2.19. The number of rotatable bonds is 5. The Morgan fingerprint density at radius 1 is 1.36 bits per heavy atom. The van der Waals surface area contributed by atoms with E-state index in [1.54, 1.807) is 37.3 Å². The Morgan fingerprint density at radius 2 is 2.18 bits per heavy atom.